The predicted molar refractivity (Wildman–Crippen MR) is 141 cm³/mol. The first-order valence-corrected chi connectivity index (χ1v) is 13.5. The third-order valence-electron chi connectivity index (χ3n) is 7.92. The molecule has 0 aromatic carbocycles. The molecule has 0 bridgehead atoms. The molecule has 14 atom stereocenters. The molecule has 0 spiro atoms. The fourth-order valence-electron chi connectivity index (χ4n) is 5.62. The maximum Gasteiger partial charge on any atom is 0.249 e. The zero-order chi connectivity index (χ0) is 29.7. The zero-order valence-electron chi connectivity index (χ0n) is 22.3. The van der Waals surface area contributed by atoms with Gasteiger partial charge in [-0.15, -0.1) is 0 Å². The molecule has 17 heteroatoms. The van der Waals surface area contributed by atoms with E-state index in [1.54, 1.807) is 0 Å². The Labute approximate surface area is 232 Å². The van der Waals surface area contributed by atoms with Crippen LogP contribution in [0.2, 0.25) is 0 Å². The van der Waals surface area contributed by atoms with Crippen molar-refractivity contribution in [2.45, 2.75) is 105 Å². The minimum absolute atomic E-state index is 0.0100. The Hall–Kier alpha value is -1.74. The van der Waals surface area contributed by atoms with Crippen molar-refractivity contribution in [2.24, 2.45) is 45.3 Å². The average Bonchev–Trinajstić information content (AvgIpc) is 2.91. The van der Waals surface area contributed by atoms with Crippen LogP contribution in [0.3, 0.4) is 0 Å². The molecule has 0 aromatic rings. The van der Waals surface area contributed by atoms with E-state index in [9.17, 15) is 30.3 Å². The van der Waals surface area contributed by atoms with E-state index in [1.807, 2.05) is 0 Å². The van der Waals surface area contributed by atoms with E-state index < -0.39 is 91.6 Å². The lowest BCUT2D eigenvalue weighted by Gasteiger charge is -2.52. The van der Waals surface area contributed by atoms with Gasteiger partial charge in [-0.25, -0.2) is 0 Å². The molecule has 2 heterocycles. The first-order chi connectivity index (χ1) is 18.9. The van der Waals surface area contributed by atoms with Gasteiger partial charge in [0.05, 0.1) is 43.1 Å². The minimum Gasteiger partial charge on any atom is -0.394 e. The summed E-state index contributed by atoms with van der Waals surface area (Å²) in [5, 5.41) is 55.7. The molecule has 232 valence electrons. The van der Waals surface area contributed by atoms with Gasteiger partial charge in [-0.05, 0) is 19.3 Å². The molecule has 3 rings (SSSR count). The van der Waals surface area contributed by atoms with Crippen molar-refractivity contribution in [1.82, 2.24) is 5.32 Å². The number of nitrogens with zero attached hydrogens (tertiary/aromatic N) is 1. The maximum absolute atomic E-state index is 12.9. The lowest BCUT2D eigenvalue weighted by molar-refractivity contribution is -0.267. The lowest BCUT2D eigenvalue weighted by Crippen LogP contribution is -2.71. The first kappa shape index (κ1) is 32.8. The Bertz CT molecular complexity index is 853. The van der Waals surface area contributed by atoms with Gasteiger partial charge in [0.15, 0.2) is 12.2 Å². The van der Waals surface area contributed by atoms with Crippen LogP contribution in [0.5, 0.6) is 0 Å². The molecule has 1 amide bonds. The fraction of sp³-hybridized carbons (Fsp3) is 0.913. The van der Waals surface area contributed by atoms with Crippen LogP contribution in [-0.2, 0) is 19.0 Å². The van der Waals surface area contributed by atoms with Crippen molar-refractivity contribution < 1.29 is 44.5 Å². The summed E-state index contributed by atoms with van der Waals surface area (Å²) in [5.74, 6) is -2.09. The third-order valence-corrected chi connectivity index (χ3v) is 7.92. The average molecular weight is 579 g/mol. The number of aliphatic hydroxyl groups is 5. The number of rotatable bonds is 10. The molecule has 2 aliphatic heterocycles. The maximum atomic E-state index is 12.9. The standard InChI is InChI=1S/C23H46N8O9/c24-6-8-1-2-9(25)22(38-8)40-19-10(26)5-11(31-21(37)12(33)3-4-30-23(28)29)14(17(19)35)20-18(36)15(27)16(34)13(7-32)39-20/h8-20,22,32-36H,1-7,24-27H2,(H,31,37)(H4,28,29,30)/t8?,9?,10?,11?,12-,13?,14?,15?,16?,17?,18?,19?,20?,22?/m1/s1. The van der Waals surface area contributed by atoms with Crippen LogP contribution in [0, 0.1) is 5.92 Å². The van der Waals surface area contributed by atoms with Crippen molar-refractivity contribution in [1.29, 1.82) is 0 Å². The van der Waals surface area contributed by atoms with Gasteiger partial charge in [0.1, 0.15) is 24.4 Å². The van der Waals surface area contributed by atoms with Crippen LogP contribution in [0.4, 0.5) is 0 Å². The summed E-state index contributed by atoms with van der Waals surface area (Å²) in [6.45, 7) is -0.380. The van der Waals surface area contributed by atoms with E-state index in [4.69, 9.17) is 48.6 Å². The Kier molecular flexibility index (Phi) is 11.8. The van der Waals surface area contributed by atoms with Crippen LogP contribution in [0.25, 0.3) is 0 Å². The van der Waals surface area contributed by atoms with E-state index in [0.717, 1.165) is 0 Å². The SMILES string of the molecule is NCC1CCC(N)C(OC2C(N)CC(NC(=O)[C@H](O)CCN=C(N)N)C(C3OC(CO)C(O)C(N)C3O)C2O)O1. The molecule has 18 N–H and O–H groups in total. The number of carbonyl (C=O) groups is 1. The summed E-state index contributed by atoms with van der Waals surface area (Å²) >= 11 is 0. The molecule has 13 unspecified atom stereocenters. The number of hydrogen-bond donors (Lipinski definition) is 12. The predicted octanol–water partition coefficient (Wildman–Crippen LogP) is -6.81. The number of guanidine groups is 1. The number of amides is 1. The number of aliphatic hydroxyl groups excluding tert-OH is 5. The molecule has 1 aliphatic carbocycles. The molecule has 1 saturated carbocycles. The highest BCUT2D eigenvalue weighted by atomic mass is 16.7. The van der Waals surface area contributed by atoms with Gasteiger partial charge in [0.25, 0.3) is 0 Å². The second-order valence-electron chi connectivity index (χ2n) is 10.8. The van der Waals surface area contributed by atoms with E-state index in [0.29, 0.717) is 12.8 Å². The first-order valence-electron chi connectivity index (χ1n) is 13.5. The molecule has 0 radical (unpaired) electrons. The van der Waals surface area contributed by atoms with Gasteiger partial charge in [0.2, 0.25) is 5.91 Å². The summed E-state index contributed by atoms with van der Waals surface area (Å²) in [6, 6.07) is -3.55. The molecule has 40 heavy (non-hydrogen) atoms. The van der Waals surface area contributed by atoms with Crippen LogP contribution in [0.15, 0.2) is 4.99 Å². The highest BCUT2D eigenvalue weighted by molar-refractivity contribution is 5.81. The minimum atomic E-state index is -1.51. The Morgan fingerprint density at radius 1 is 1.05 bits per heavy atom. The monoisotopic (exact) mass is 578 g/mol. The van der Waals surface area contributed by atoms with Crippen molar-refractivity contribution in [3.63, 3.8) is 0 Å². The van der Waals surface area contributed by atoms with Gasteiger partial charge < -0.3 is 79.5 Å². The second-order valence-corrected chi connectivity index (χ2v) is 10.8. The van der Waals surface area contributed by atoms with Crippen LogP contribution in [-0.4, -0.2) is 136 Å². The quantitative estimate of drug-likeness (QED) is 0.0846. The fourth-order valence-corrected chi connectivity index (χ4v) is 5.62. The molecule has 2 saturated heterocycles. The van der Waals surface area contributed by atoms with E-state index >= 15 is 0 Å². The number of carbonyl (C=O) groups excluding carboxylic acids is 1. The zero-order valence-corrected chi connectivity index (χ0v) is 22.3. The van der Waals surface area contributed by atoms with Crippen molar-refractivity contribution in [2.75, 3.05) is 19.7 Å². The van der Waals surface area contributed by atoms with Crippen molar-refractivity contribution >= 4 is 11.9 Å². The van der Waals surface area contributed by atoms with Crippen LogP contribution in [0.1, 0.15) is 25.7 Å². The third kappa shape index (κ3) is 7.55. The molecular weight excluding hydrogens is 532 g/mol. The summed E-state index contributed by atoms with van der Waals surface area (Å²) < 4.78 is 17.8. The lowest BCUT2D eigenvalue weighted by atomic mass is 9.71. The molecule has 3 aliphatic rings. The number of nitrogens with two attached hydrogens (primary N) is 6. The Morgan fingerprint density at radius 2 is 1.75 bits per heavy atom. The van der Waals surface area contributed by atoms with Gasteiger partial charge in [-0.1, -0.05) is 0 Å². The van der Waals surface area contributed by atoms with Crippen molar-refractivity contribution in [3.05, 3.63) is 0 Å². The Balaban J connectivity index is 1.86. The van der Waals surface area contributed by atoms with Gasteiger partial charge in [-0.3, -0.25) is 9.79 Å². The smallest absolute Gasteiger partial charge is 0.249 e. The normalized spacial score (nSPS) is 43.1. The topological polar surface area (TPSA) is 326 Å². The van der Waals surface area contributed by atoms with Gasteiger partial charge >= 0.3 is 0 Å². The number of hydrogen-bond acceptors (Lipinski definition) is 14. The van der Waals surface area contributed by atoms with Gasteiger partial charge in [0, 0.05) is 37.5 Å². The second kappa shape index (κ2) is 14.4. The van der Waals surface area contributed by atoms with E-state index in [2.05, 4.69) is 10.3 Å². The molecule has 0 aromatic heterocycles. The largest absolute Gasteiger partial charge is 0.394 e. The molecular formula is C23H46N8O9. The van der Waals surface area contributed by atoms with Crippen molar-refractivity contribution in [3.8, 4) is 0 Å². The summed E-state index contributed by atoms with van der Waals surface area (Å²) in [7, 11) is 0. The van der Waals surface area contributed by atoms with Crippen LogP contribution < -0.4 is 39.7 Å². The Morgan fingerprint density at radius 3 is 2.38 bits per heavy atom. The highest BCUT2D eigenvalue weighted by Crippen LogP contribution is 2.37. The van der Waals surface area contributed by atoms with Gasteiger partial charge in [-0.2, -0.15) is 0 Å². The summed E-state index contributed by atoms with van der Waals surface area (Å²) in [6.07, 6.45) is -9.47. The summed E-state index contributed by atoms with van der Waals surface area (Å²) in [5.41, 5.74) is 34.9. The number of ether oxygens (including phenoxy) is 3. The van der Waals surface area contributed by atoms with E-state index in [-0.39, 0.29) is 38.0 Å². The highest BCUT2D eigenvalue weighted by Gasteiger charge is 2.55. The molecule has 17 nitrogen and oxygen atoms in total. The molecule has 3 fully saturated rings. The number of nitrogens with one attached hydrogen (secondary N) is 1. The van der Waals surface area contributed by atoms with E-state index in [1.165, 1.54) is 0 Å². The van der Waals surface area contributed by atoms with Crippen LogP contribution >= 0.6 is 0 Å². The number of aliphatic imine (C=N–C) groups is 1. The summed E-state index contributed by atoms with van der Waals surface area (Å²) in [4.78, 5) is 16.6.